The van der Waals surface area contributed by atoms with E-state index in [0.29, 0.717) is 18.1 Å². The van der Waals surface area contributed by atoms with E-state index >= 15 is 0 Å². The molecule has 2 nitrogen and oxygen atoms in total. The molecule has 0 saturated heterocycles. The van der Waals surface area contributed by atoms with Crippen LogP contribution in [0.5, 0.6) is 0 Å². The third-order valence-corrected chi connectivity index (χ3v) is 5.14. The van der Waals surface area contributed by atoms with Gasteiger partial charge in [-0.25, -0.2) is 0 Å². The van der Waals surface area contributed by atoms with Gasteiger partial charge in [-0.2, -0.15) is 0 Å². The normalized spacial score (nSPS) is 19.4. The summed E-state index contributed by atoms with van der Waals surface area (Å²) in [4.78, 5) is 4.16. The van der Waals surface area contributed by atoms with Crippen LogP contribution in [-0.2, 0) is 6.42 Å². The molecule has 1 aromatic heterocycles. The number of aryl methyl sites for hydroxylation is 1. The van der Waals surface area contributed by atoms with Crippen molar-refractivity contribution in [2.45, 2.75) is 65.1 Å². The molecule has 0 fully saturated rings. The van der Waals surface area contributed by atoms with Crippen molar-refractivity contribution < 1.29 is 0 Å². The number of hydrogen-bond donors (Lipinski definition) is 1. The van der Waals surface area contributed by atoms with Gasteiger partial charge in [0.1, 0.15) is 0 Å². The molecule has 19 heavy (non-hydrogen) atoms. The molecule has 0 spiro atoms. The van der Waals surface area contributed by atoms with Crippen molar-refractivity contribution in [3.05, 3.63) is 21.9 Å². The van der Waals surface area contributed by atoms with Crippen molar-refractivity contribution in [3.8, 4) is 0 Å². The zero-order chi connectivity index (χ0) is 13.8. The van der Waals surface area contributed by atoms with Crippen LogP contribution in [0.1, 0.15) is 57.0 Å². The zero-order valence-electron chi connectivity index (χ0n) is 12.8. The number of thiophene rings is 1. The first-order valence-corrected chi connectivity index (χ1v) is 8.53. The topological polar surface area (TPSA) is 15.3 Å². The van der Waals surface area contributed by atoms with Gasteiger partial charge in [0.15, 0.2) is 0 Å². The number of nitrogens with one attached hydrogen (secondary N) is 1. The lowest BCUT2D eigenvalue weighted by atomic mass is 9.94. The van der Waals surface area contributed by atoms with Crippen molar-refractivity contribution in [1.82, 2.24) is 10.2 Å². The van der Waals surface area contributed by atoms with Crippen LogP contribution in [0.15, 0.2) is 11.4 Å². The Kier molecular flexibility index (Phi) is 5.43. The van der Waals surface area contributed by atoms with Gasteiger partial charge < -0.3 is 5.32 Å². The molecule has 0 radical (unpaired) electrons. The largest absolute Gasteiger partial charge is 0.309 e. The lowest BCUT2D eigenvalue weighted by Crippen LogP contribution is -2.42. The van der Waals surface area contributed by atoms with Crippen LogP contribution in [0.25, 0.3) is 0 Å². The summed E-state index contributed by atoms with van der Waals surface area (Å²) in [7, 11) is 0. The van der Waals surface area contributed by atoms with Gasteiger partial charge in [0.25, 0.3) is 0 Å². The summed E-state index contributed by atoms with van der Waals surface area (Å²) < 4.78 is 0. The second-order valence-corrected chi connectivity index (χ2v) is 7.12. The third kappa shape index (κ3) is 3.80. The second-order valence-electron chi connectivity index (χ2n) is 6.12. The molecule has 2 rings (SSSR count). The maximum absolute atomic E-state index is 3.77. The molecule has 3 heteroatoms. The van der Waals surface area contributed by atoms with E-state index in [1.807, 2.05) is 11.3 Å². The molecule has 1 atom stereocenters. The van der Waals surface area contributed by atoms with Crippen LogP contribution in [-0.4, -0.2) is 30.1 Å². The Morgan fingerprint density at radius 2 is 2.05 bits per heavy atom. The summed E-state index contributed by atoms with van der Waals surface area (Å²) >= 11 is 1.93. The Bertz CT molecular complexity index is 376. The van der Waals surface area contributed by atoms with Crippen LogP contribution in [0.2, 0.25) is 0 Å². The molecule has 0 aliphatic heterocycles. The summed E-state index contributed by atoms with van der Waals surface area (Å²) in [6.07, 6.45) is 3.92. The number of nitrogens with zero attached hydrogens (tertiary/aromatic N) is 1. The van der Waals surface area contributed by atoms with E-state index in [1.54, 1.807) is 10.4 Å². The molecule has 1 aliphatic rings. The molecule has 1 aliphatic carbocycles. The smallest absolute Gasteiger partial charge is 0.0331 e. The first kappa shape index (κ1) is 15.0. The minimum atomic E-state index is 0.594. The molecular formula is C16H28N2S. The van der Waals surface area contributed by atoms with Crippen LogP contribution < -0.4 is 5.32 Å². The fraction of sp³-hybridized carbons (Fsp3) is 0.750. The molecular weight excluding hydrogens is 252 g/mol. The molecule has 0 saturated carbocycles. The average Bonchev–Trinajstić information content (AvgIpc) is 2.82. The monoisotopic (exact) mass is 280 g/mol. The maximum atomic E-state index is 3.77. The highest BCUT2D eigenvalue weighted by atomic mass is 32.1. The van der Waals surface area contributed by atoms with E-state index in [4.69, 9.17) is 0 Å². The standard InChI is InChI=1S/C16H28N2S/c1-12(2)18(13(3)4)10-9-17-15-6-5-7-16-14(15)8-11-19-16/h8,11-13,15,17H,5-7,9-10H2,1-4H3. The molecule has 1 aromatic rings. The SMILES string of the molecule is CC(C)N(CCNC1CCCc2sccc21)C(C)C. The van der Waals surface area contributed by atoms with Gasteiger partial charge in [0, 0.05) is 36.1 Å². The van der Waals surface area contributed by atoms with Gasteiger partial charge >= 0.3 is 0 Å². The van der Waals surface area contributed by atoms with Gasteiger partial charge in [0.05, 0.1) is 0 Å². The molecule has 0 aromatic carbocycles. The molecule has 1 heterocycles. The van der Waals surface area contributed by atoms with E-state index in [9.17, 15) is 0 Å². The molecule has 1 unspecified atom stereocenters. The Hall–Kier alpha value is -0.380. The van der Waals surface area contributed by atoms with E-state index in [2.05, 4.69) is 49.4 Å². The van der Waals surface area contributed by atoms with Crippen molar-refractivity contribution in [2.24, 2.45) is 0 Å². The zero-order valence-corrected chi connectivity index (χ0v) is 13.6. The van der Waals surface area contributed by atoms with Crippen LogP contribution >= 0.6 is 11.3 Å². The van der Waals surface area contributed by atoms with Crippen LogP contribution in [0.3, 0.4) is 0 Å². The summed E-state index contributed by atoms with van der Waals surface area (Å²) in [5.41, 5.74) is 1.57. The molecule has 1 N–H and O–H groups in total. The van der Waals surface area contributed by atoms with E-state index in [-0.39, 0.29) is 0 Å². The highest BCUT2D eigenvalue weighted by Crippen LogP contribution is 2.33. The predicted octanol–water partition coefficient (Wildman–Crippen LogP) is 3.83. The van der Waals surface area contributed by atoms with E-state index in [0.717, 1.165) is 13.1 Å². The van der Waals surface area contributed by atoms with Crippen molar-refractivity contribution in [1.29, 1.82) is 0 Å². The lowest BCUT2D eigenvalue weighted by Gasteiger charge is -2.32. The molecule has 0 bridgehead atoms. The van der Waals surface area contributed by atoms with Gasteiger partial charge in [0.2, 0.25) is 0 Å². The first-order valence-electron chi connectivity index (χ1n) is 7.65. The Balaban J connectivity index is 1.84. The Morgan fingerprint density at radius 3 is 2.74 bits per heavy atom. The first-order chi connectivity index (χ1) is 9.09. The number of fused-ring (bicyclic) bond motifs is 1. The average molecular weight is 280 g/mol. The fourth-order valence-corrected chi connectivity index (χ4v) is 4.17. The predicted molar refractivity (Wildman–Crippen MR) is 85.0 cm³/mol. The van der Waals surface area contributed by atoms with Crippen molar-refractivity contribution in [2.75, 3.05) is 13.1 Å². The number of rotatable bonds is 6. The highest BCUT2D eigenvalue weighted by molar-refractivity contribution is 7.10. The lowest BCUT2D eigenvalue weighted by molar-refractivity contribution is 0.173. The van der Waals surface area contributed by atoms with Gasteiger partial charge in [-0.1, -0.05) is 0 Å². The number of hydrogen-bond acceptors (Lipinski definition) is 3. The molecule has 0 amide bonds. The minimum Gasteiger partial charge on any atom is -0.309 e. The quantitative estimate of drug-likeness (QED) is 0.852. The van der Waals surface area contributed by atoms with E-state index < -0.39 is 0 Å². The van der Waals surface area contributed by atoms with Crippen molar-refractivity contribution >= 4 is 11.3 Å². The summed E-state index contributed by atoms with van der Waals surface area (Å²) in [5, 5.41) is 6.02. The summed E-state index contributed by atoms with van der Waals surface area (Å²) in [5.74, 6) is 0. The Morgan fingerprint density at radius 1 is 1.32 bits per heavy atom. The Labute approximate surface area is 122 Å². The maximum Gasteiger partial charge on any atom is 0.0331 e. The summed E-state index contributed by atoms with van der Waals surface area (Å²) in [6.45, 7) is 11.4. The van der Waals surface area contributed by atoms with Gasteiger partial charge in [-0.3, -0.25) is 4.90 Å². The highest BCUT2D eigenvalue weighted by Gasteiger charge is 2.21. The van der Waals surface area contributed by atoms with Crippen molar-refractivity contribution in [3.63, 3.8) is 0 Å². The minimum absolute atomic E-state index is 0.594. The molecule has 108 valence electrons. The fourth-order valence-electron chi connectivity index (χ4n) is 3.18. The summed E-state index contributed by atoms with van der Waals surface area (Å²) in [6, 6.07) is 4.17. The van der Waals surface area contributed by atoms with Crippen LogP contribution in [0, 0.1) is 0 Å². The van der Waals surface area contributed by atoms with Crippen LogP contribution in [0.4, 0.5) is 0 Å². The second kappa shape index (κ2) is 6.87. The van der Waals surface area contributed by atoms with Gasteiger partial charge in [-0.15, -0.1) is 11.3 Å². The van der Waals surface area contributed by atoms with Gasteiger partial charge in [-0.05, 0) is 64.0 Å². The third-order valence-electron chi connectivity index (χ3n) is 4.14. The van der Waals surface area contributed by atoms with E-state index in [1.165, 1.54) is 19.3 Å².